The number of aliphatic hydroxyl groups is 2. The van der Waals surface area contributed by atoms with Gasteiger partial charge in [-0.3, -0.25) is 4.79 Å². The van der Waals surface area contributed by atoms with E-state index in [4.69, 9.17) is 19.7 Å². The molecular formula is C25H39N3O8. The van der Waals surface area contributed by atoms with Crippen molar-refractivity contribution in [1.82, 2.24) is 16.0 Å². The Morgan fingerprint density at radius 1 is 0.750 bits per heavy atom. The minimum absolute atomic E-state index is 0.0135. The summed E-state index contributed by atoms with van der Waals surface area (Å²) in [6, 6.07) is 14.6. The second-order valence-corrected chi connectivity index (χ2v) is 6.83. The van der Waals surface area contributed by atoms with Crippen LogP contribution in [0.1, 0.15) is 18.1 Å². The molecule has 2 rings (SSSR count). The number of rotatable bonds is 6. The van der Waals surface area contributed by atoms with Crippen LogP contribution in [0.25, 0.3) is 0 Å². The van der Waals surface area contributed by atoms with Crippen molar-refractivity contribution in [2.75, 3.05) is 47.6 Å². The van der Waals surface area contributed by atoms with Crippen LogP contribution in [0.2, 0.25) is 0 Å². The van der Waals surface area contributed by atoms with Gasteiger partial charge >= 0.3 is 12.2 Å². The first kappa shape index (κ1) is 34.5. The number of aliphatic hydroxyl groups excluding tert-OH is 2. The molecule has 11 nitrogen and oxygen atoms in total. The number of carbonyl (C=O) groups is 3. The summed E-state index contributed by atoms with van der Waals surface area (Å²) in [6.07, 6.45) is -0.891. The van der Waals surface area contributed by atoms with Crippen LogP contribution in [0.5, 0.6) is 11.5 Å². The lowest BCUT2D eigenvalue weighted by Gasteiger charge is -2.02. The fourth-order valence-corrected chi connectivity index (χ4v) is 1.85. The van der Waals surface area contributed by atoms with Gasteiger partial charge in [0.15, 0.2) is 0 Å². The van der Waals surface area contributed by atoms with Crippen LogP contribution < -0.4 is 25.4 Å². The van der Waals surface area contributed by atoms with Crippen molar-refractivity contribution in [3.63, 3.8) is 0 Å². The molecule has 3 amide bonds. The van der Waals surface area contributed by atoms with Gasteiger partial charge in [-0.15, -0.1) is 0 Å². The molecule has 2 aromatic carbocycles. The highest BCUT2D eigenvalue weighted by Crippen LogP contribution is 2.11. The number of carbonyl (C=O) groups excluding carboxylic acids is 3. The Kier molecular flexibility index (Phi) is 22.1. The van der Waals surface area contributed by atoms with Gasteiger partial charge in [0.05, 0.1) is 19.8 Å². The summed E-state index contributed by atoms with van der Waals surface area (Å²) in [5.41, 5.74) is 2.28. The molecule has 36 heavy (non-hydrogen) atoms. The van der Waals surface area contributed by atoms with Crippen LogP contribution in [0.4, 0.5) is 9.59 Å². The van der Waals surface area contributed by atoms with E-state index >= 15 is 0 Å². The average Bonchev–Trinajstić information content (AvgIpc) is 2.87. The molecule has 0 spiro atoms. The summed E-state index contributed by atoms with van der Waals surface area (Å²) in [6.45, 7) is 6.30. The second kappa shape index (κ2) is 23.1. The van der Waals surface area contributed by atoms with E-state index in [-0.39, 0.29) is 19.1 Å². The molecule has 0 aliphatic heterocycles. The molecule has 0 fully saturated rings. The van der Waals surface area contributed by atoms with Crippen LogP contribution >= 0.6 is 0 Å². The smallest absolute Gasteiger partial charge is 0.410 e. The Bertz CT molecular complexity index is 782. The predicted octanol–water partition coefficient (Wildman–Crippen LogP) is 2.17. The van der Waals surface area contributed by atoms with Gasteiger partial charge in [-0.1, -0.05) is 35.4 Å². The summed E-state index contributed by atoms with van der Waals surface area (Å²) >= 11 is 0. The van der Waals surface area contributed by atoms with Crippen molar-refractivity contribution < 1.29 is 38.8 Å². The van der Waals surface area contributed by atoms with Gasteiger partial charge in [0.2, 0.25) is 5.91 Å². The summed E-state index contributed by atoms with van der Waals surface area (Å²) in [5, 5.41) is 23.2. The maximum Gasteiger partial charge on any atom is 0.412 e. The number of methoxy groups -OCH3 is 1. The van der Waals surface area contributed by atoms with Crippen molar-refractivity contribution in [2.45, 2.75) is 20.8 Å². The summed E-state index contributed by atoms with van der Waals surface area (Å²) in [5.74, 6) is 1.01. The number of aryl methyl sites for hydroxylation is 2. The van der Waals surface area contributed by atoms with Crippen LogP contribution in [-0.4, -0.2) is 75.9 Å². The number of ether oxygens (including phenoxy) is 3. The zero-order valence-electron chi connectivity index (χ0n) is 21.8. The predicted molar refractivity (Wildman–Crippen MR) is 137 cm³/mol. The lowest BCUT2D eigenvalue weighted by molar-refractivity contribution is -0.119. The van der Waals surface area contributed by atoms with E-state index in [1.807, 2.05) is 38.1 Å². The molecule has 0 aromatic heterocycles. The van der Waals surface area contributed by atoms with Crippen molar-refractivity contribution in [3.8, 4) is 11.5 Å². The molecule has 11 heteroatoms. The lowest BCUT2D eigenvalue weighted by atomic mass is 10.2. The zero-order chi connectivity index (χ0) is 27.8. The van der Waals surface area contributed by atoms with Crippen LogP contribution in [0.15, 0.2) is 48.5 Å². The molecule has 202 valence electrons. The quantitative estimate of drug-likeness (QED) is 0.397. The highest BCUT2D eigenvalue weighted by molar-refractivity contribution is 5.72. The van der Waals surface area contributed by atoms with Crippen molar-refractivity contribution in [3.05, 3.63) is 59.7 Å². The number of amides is 3. The maximum atomic E-state index is 10.7. The minimum atomic E-state index is -0.446. The highest BCUT2D eigenvalue weighted by atomic mass is 16.6. The first-order valence-electron chi connectivity index (χ1n) is 11.0. The van der Waals surface area contributed by atoms with Crippen LogP contribution in [0, 0.1) is 13.8 Å². The average molecular weight is 510 g/mol. The monoisotopic (exact) mass is 509 g/mol. The first-order valence-corrected chi connectivity index (χ1v) is 11.0. The third kappa shape index (κ3) is 22.1. The van der Waals surface area contributed by atoms with Gasteiger partial charge in [0.25, 0.3) is 0 Å². The molecule has 0 unspecified atom stereocenters. The van der Waals surface area contributed by atoms with Gasteiger partial charge in [-0.2, -0.15) is 0 Å². The summed E-state index contributed by atoms with van der Waals surface area (Å²) in [7, 11) is 4.60. The Morgan fingerprint density at radius 3 is 1.33 bits per heavy atom. The molecule has 0 saturated carbocycles. The molecule has 0 heterocycles. The van der Waals surface area contributed by atoms with Gasteiger partial charge in [0.1, 0.15) is 11.5 Å². The summed E-state index contributed by atoms with van der Waals surface area (Å²) in [4.78, 5) is 31.4. The first-order chi connectivity index (χ1) is 17.1. The largest absolute Gasteiger partial charge is 0.412 e. The van der Waals surface area contributed by atoms with E-state index in [0.29, 0.717) is 24.7 Å². The highest BCUT2D eigenvalue weighted by Gasteiger charge is 1.99. The van der Waals surface area contributed by atoms with Gasteiger partial charge < -0.3 is 40.4 Å². The minimum Gasteiger partial charge on any atom is -0.410 e. The lowest BCUT2D eigenvalue weighted by Crippen LogP contribution is -2.22. The maximum absolute atomic E-state index is 10.7. The number of nitrogens with one attached hydrogen (secondary N) is 3. The topological polar surface area (TPSA) is 155 Å². The fourth-order valence-electron chi connectivity index (χ4n) is 1.85. The van der Waals surface area contributed by atoms with Crippen LogP contribution in [0.3, 0.4) is 0 Å². The van der Waals surface area contributed by atoms with Gasteiger partial charge in [-0.25, -0.2) is 9.59 Å². The zero-order valence-corrected chi connectivity index (χ0v) is 21.8. The van der Waals surface area contributed by atoms with Crippen molar-refractivity contribution in [2.24, 2.45) is 0 Å². The van der Waals surface area contributed by atoms with E-state index in [1.165, 1.54) is 21.0 Å². The third-order valence-electron chi connectivity index (χ3n) is 3.65. The van der Waals surface area contributed by atoms with Crippen molar-refractivity contribution >= 4 is 18.1 Å². The van der Waals surface area contributed by atoms with Crippen molar-refractivity contribution in [1.29, 1.82) is 0 Å². The summed E-state index contributed by atoms with van der Waals surface area (Å²) < 4.78 is 14.2. The Hall–Kier alpha value is -3.67. The molecular weight excluding hydrogens is 470 g/mol. The second-order valence-electron chi connectivity index (χ2n) is 6.83. The third-order valence-corrected chi connectivity index (χ3v) is 3.65. The molecule has 0 radical (unpaired) electrons. The number of benzene rings is 2. The van der Waals surface area contributed by atoms with Crippen LogP contribution in [-0.2, 0) is 9.53 Å². The number of hydrogen-bond donors (Lipinski definition) is 5. The molecule has 0 aliphatic rings. The fraction of sp³-hybridized carbons (Fsp3) is 0.400. The molecule has 0 aliphatic carbocycles. The molecule has 0 bridgehead atoms. The number of hydrogen-bond acceptors (Lipinski definition) is 8. The standard InChI is InChI=1S/2C9H11NO2.C4H9NO2.C3H8O2/c2*1-7-3-5-8(6-4-7)12-9(11)10-2;1-4(7)5-2-3-6;1-5-3-2-4/h2*3-6H,1-2H3,(H,10,11);6H,2-3H2,1H3,(H,5,7);4H,2-3H2,1H3. The van der Waals surface area contributed by atoms with E-state index in [1.54, 1.807) is 31.4 Å². The van der Waals surface area contributed by atoms with E-state index in [9.17, 15) is 14.4 Å². The molecule has 2 aromatic rings. The Morgan fingerprint density at radius 2 is 1.14 bits per heavy atom. The van der Waals surface area contributed by atoms with E-state index in [0.717, 1.165) is 11.1 Å². The van der Waals surface area contributed by atoms with Gasteiger partial charge in [-0.05, 0) is 38.1 Å². The SMILES string of the molecule is CC(=O)NCCO.CNC(=O)Oc1ccc(C)cc1.CNC(=O)Oc1ccc(C)cc1.COCCO. The van der Waals surface area contributed by atoms with E-state index in [2.05, 4.69) is 20.7 Å². The normalized spacial score (nSPS) is 8.89. The van der Waals surface area contributed by atoms with E-state index < -0.39 is 12.2 Å². The molecule has 0 atom stereocenters. The van der Waals surface area contributed by atoms with Gasteiger partial charge in [0, 0.05) is 34.7 Å². The Balaban J connectivity index is 0. The molecule has 0 saturated heterocycles. The molecule has 5 N–H and O–H groups in total. The Labute approximate surface area is 212 Å².